The Hall–Kier alpha value is -2.20. The van der Waals surface area contributed by atoms with Crippen LogP contribution in [0.5, 0.6) is 0 Å². The van der Waals surface area contributed by atoms with Gasteiger partial charge >= 0.3 is 11.9 Å². The molecule has 0 rings (SSSR count). The van der Waals surface area contributed by atoms with Crippen molar-refractivity contribution in [3.63, 3.8) is 0 Å². The number of rotatable bonds is 4. The Bertz CT molecular complexity index is 289. The lowest BCUT2D eigenvalue weighted by Gasteiger charge is -1.87. The lowest BCUT2D eigenvalue weighted by molar-refractivity contribution is -0.133. The summed E-state index contributed by atoms with van der Waals surface area (Å²) in [6.07, 6.45) is 1.05. The van der Waals surface area contributed by atoms with E-state index in [4.69, 9.17) is 21.0 Å². The molecular formula is C11H18N2O4. The van der Waals surface area contributed by atoms with Gasteiger partial charge in [0, 0.05) is 11.1 Å². The van der Waals surface area contributed by atoms with E-state index in [9.17, 15) is 9.59 Å². The fraction of sp³-hybridized carbons (Fsp3) is 0.364. The molecule has 0 aromatic heterocycles. The topological polar surface area (TPSA) is 122 Å². The summed E-state index contributed by atoms with van der Waals surface area (Å²) >= 11 is 0. The van der Waals surface area contributed by atoms with E-state index in [0.29, 0.717) is 12.8 Å². The van der Waals surface area contributed by atoms with Gasteiger partial charge < -0.3 is 10.2 Å². The first-order chi connectivity index (χ1) is 7.78. The Balaban J connectivity index is -0.000000188. The second-order valence-electron chi connectivity index (χ2n) is 2.65. The molecule has 0 unspecified atom stereocenters. The molecule has 6 nitrogen and oxygen atoms in total. The van der Waals surface area contributed by atoms with E-state index in [1.807, 2.05) is 0 Å². The zero-order valence-corrected chi connectivity index (χ0v) is 10.0. The second kappa shape index (κ2) is 13.8. The zero-order chi connectivity index (χ0) is 14.4. The highest BCUT2D eigenvalue weighted by Gasteiger charge is 1.97. The molecule has 0 amide bonds. The van der Waals surface area contributed by atoms with Gasteiger partial charge in [0.2, 0.25) is 0 Å². The Morgan fingerprint density at radius 3 is 1.18 bits per heavy atom. The molecule has 0 saturated heterocycles. The molecule has 0 heterocycles. The van der Waals surface area contributed by atoms with Gasteiger partial charge in [-0.3, -0.25) is 0 Å². The monoisotopic (exact) mass is 242 g/mol. The predicted molar refractivity (Wildman–Crippen MR) is 64.6 cm³/mol. The SMILES string of the molecule is C=C(CC)C(=O)O.C=C(CC)C(=O)O.N=C=N. The van der Waals surface area contributed by atoms with Crippen molar-refractivity contribution in [3.8, 4) is 0 Å². The lowest BCUT2D eigenvalue weighted by atomic mass is 10.2. The van der Waals surface area contributed by atoms with Crippen molar-refractivity contribution in [3.05, 3.63) is 24.3 Å². The first-order valence-electron chi connectivity index (χ1n) is 4.68. The zero-order valence-electron chi connectivity index (χ0n) is 10.0. The predicted octanol–water partition coefficient (Wildman–Crippen LogP) is 2.39. The van der Waals surface area contributed by atoms with E-state index in [1.54, 1.807) is 13.8 Å². The van der Waals surface area contributed by atoms with Crippen LogP contribution in [-0.4, -0.2) is 28.2 Å². The number of carboxylic acids is 2. The van der Waals surface area contributed by atoms with Crippen LogP contribution in [0.1, 0.15) is 26.7 Å². The largest absolute Gasteiger partial charge is 0.478 e. The van der Waals surface area contributed by atoms with Gasteiger partial charge in [0.15, 0.2) is 0 Å². The summed E-state index contributed by atoms with van der Waals surface area (Å²) in [5.41, 5.74) is 0.528. The summed E-state index contributed by atoms with van der Waals surface area (Å²) in [6, 6.07) is 1.25. The van der Waals surface area contributed by atoms with Crippen molar-refractivity contribution in [1.29, 1.82) is 10.8 Å². The molecule has 0 saturated carbocycles. The molecule has 96 valence electrons. The summed E-state index contributed by atoms with van der Waals surface area (Å²) in [6.45, 7) is 10.1. The van der Waals surface area contributed by atoms with Crippen molar-refractivity contribution in [2.45, 2.75) is 26.7 Å². The Morgan fingerprint density at radius 1 is 1.00 bits per heavy atom. The minimum absolute atomic E-state index is 0.264. The normalized spacial score (nSPS) is 7.18. The van der Waals surface area contributed by atoms with Crippen molar-refractivity contribution in [2.75, 3.05) is 0 Å². The Labute approximate surface area is 100 Å². The van der Waals surface area contributed by atoms with Crippen LogP contribution in [0.3, 0.4) is 0 Å². The van der Waals surface area contributed by atoms with Crippen LogP contribution in [-0.2, 0) is 9.59 Å². The highest BCUT2D eigenvalue weighted by molar-refractivity contribution is 5.85. The first kappa shape index (κ1) is 20.2. The van der Waals surface area contributed by atoms with Gasteiger partial charge in [0.25, 0.3) is 0 Å². The van der Waals surface area contributed by atoms with E-state index in [0.717, 1.165) is 0 Å². The van der Waals surface area contributed by atoms with E-state index >= 15 is 0 Å². The van der Waals surface area contributed by atoms with E-state index in [1.165, 1.54) is 6.01 Å². The summed E-state index contributed by atoms with van der Waals surface area (Å²) < 4.78 is 0. The van der Waals surface area contributed by atoms with Gasteiger partial charge in [0.1, 0.15) is 0 Å². The Morgan fingerprint density at radius 2 is 1.18 bits per heavy atom. The van der Waals surface area contributed by atoms with E-state index in [2.05, 4.69) is 13.2 Å². The fourth-order valence-electron chi connectivity index (χ4n) is 0.302. The molecule has 0 spiro atoms. The summed E-state index contributed by atoms with van der Waals surface area (Å²) in [5, 5.41) is 27.4. The third-order valence-corrected chi connectivity index (χ3v) is 1.46. The average Bonchev–Trinajstić information content (AvgIpc) is 2.28. The lowest BCUT2D eigenvalue weighted by Crippen LogP contribution is -1.95. The molecule has 0 aliphatic carbocycles. The highest BCUT2D eigenvalue weighted by atomic mass is 16.4. The molecule has 0 aliphatic heterocycles. The number of hydrogen-bond donors (Lipinski definition) is 4. The molecule has 4 N–H and O–H groups in total. The van der Waals surface area contributed by atoms with Gasteiger partial charge in [0.05, 0.1) is 6.01 Å². The van der Waals surface area contributed by atoms with Gasteiger partial charge in [-0.2, -0.15) is 0 Å². The van der Waals surface area contributed by atoms with E-state index < -0.39 is 11.9 Å². The van der Waals surface area contributed by atoms with E-state index in [-0.39, 0.29) is 11.1 Å². The molecule has 0 bridgehead atoms. The number of nitrogens with one attached hydrogen (secondary N) is 2. The molecule has 0 fully saturated rings. The molecular weight excluding hydrogens is 224 g/mol. The summed E-state index contributed by atoms with van der Waals surface area (Å²) in [4.78, 5) is 19.7. The summed E-state index contributed by atoms with van der Waals surface area (Å²) in [5.74, 6) is -1.80. The van der Waals surface area contributed by atoms with Gasteiger partial charge in [-0.15, -0.1) is 0 Å². The van der Waals surface area contributed by atoms with Gasteiger partial charge in [-0.05, 0) is 12.8 Å². The third-order valence-electron chi connectivity index (χ3n) is 1.46. The van der Waals surface area contributed by atoms with Crippen molar-refractivity contribution >= 4 is 17.9 Å². The van der Waals surface area contributed by atoms with Gasteiger partial charge in [-0.1, -0.05) is 27.0 Å². The smallest absolute Gasteiger partial charge is 0.330 e. The minimum atomic E-state index is -0.900. The van der Waals surface area contributed by atoms with Crippen LogP contribution in [0.4, 0.5) is 0 Å². The number of carboxylic acid groups (broad SMARTS) is 2. The quantitative estimate of drug-likeness (QED) is 0.446. The van der Waals surface area contributed by atoms with Crippen LogP contribution in [0.15, 0.2) is 24.3 Å². The minimum Gasteiger partial charge on any atom is -0.478 e. The summed E-state index contributed by atoms with van der Waals surface area (Å²) in [7, 11) is 0. The van der Waals surface area contributed by atoms with Crippen LogP contribution in [0.2, 0.25) is 0 Å². The van der Waals surface area contributed by atoms with Crippen molar-refractivity contribution in [1.82, 2.24) is 0 Å². The van der Waals surface area contributed by atoms with Crippen molar-refractivity contribution < 1.29 is 19.8 Å². The average molecular weight is 242 g/mol. The molecule has 0 atom stereocenters. The molecule has 6 heteroatoms. The third kappa shape index (κ3) is 20.0. The maximum Gasteiger partial charge on any atom is 0.330 e. The maximum absolute atomic E-state index is 9.83. The van der Waals surface area contributed by atoms with Crippen LogP contribution in [0, 0.1) is 10.8 Å². The first-order valence-corrected chi connectivity index (χ1v) is 4.68. The molecule has 17 heavy (non-hydrogen) atoms. The number of carbonyl (C=O) groups is 2. The number of aliphatic carboxylic acids is 2. The van der Waals surface area contributed by atoms with Crippen LogP contribution in [0.25, 0.3) is 0 Å². The van der Waals surface area contributed by atoms with Crippen LogP contribution < -0.4 is 0 Å². The molecule has 0 aromatic carbocycles. The van der Waals surface area contributed by atoms with Gasteiger partial charge in [-0.25, -0.2) is 20.4 Å². The number of hydrogen-bond acceptors (Lipinski definition) is 4. The molecule has 0 aromatic rings. The fourth-order valence-corrected chi connectivity index (χ4v) is 0.302. The molecule has 0 aliphatic rings. The van der Waals surface area contributed by atoms with Crippen LogP contribution >= 0.6 is 0 Å². The molecule has 0 radical (unpaired) electrons. The van der Waals surface area contributed by atoms with Crippen molar-refractivity contribution in [2.24, 2.45) is 0 Å². The Kier molecular flexibility index (Phi) is 16.4. The second-order valence-corrected chi connectivity index (χ2v) is 2.65. The standard InChI is InChI=1S/2C5H8O2.CH2N2/c2*1-3-4(2)5(6)7;2-1-3/h2*2-3H2,1H3,(H,6,7);2-3H. The highest BCUT2D eigenvalue weighted by Crippen LogP contribution is 1.93. The maximum atomic E-state index is 9.83.